The van der Waals surface area contributed by atoms with E-state index in [0.717, 1.165) is 61.2 Å². The number of hydrogen-bond donors (Lipinski definition) is 2. The highest BCUT2D eigenvalue weighted by atomic mass is 32.2. The van der Waals surface area contributed by atoms with Crippen molar-refractivity contribution in [2.24, 2.45) is 11.3 Å². The second-order valence-corrected chi connectivity index (χ2v) is 10.9. The van der Waals surface area contributed by atoms with Gasteiger partial charge in [-0.15, -0.1) is 10.2 Å². The molecule has 0 aliphatic heterocycles. The third kappa shape index (κ3) is 2.38. The molecule has 148 valence electrons. The van der Waals surface area contributed by atoms with Crippen LogP contribution in [0.5, 0.6) is 0 Å². The molecule has 1 unspecified atom stereocenters. The van der Waals surface area contributed by atoms with E-state index in [1.165, 1.54) is 0 Å². The quantitative estimate of drug-likeness (QED) is 0.684. The molecular weight excluding hydrogens is 376 g/mol. The zero-order valence-electron chi connectivity index (χ0n) is 15.8. The Balaban J connectivity index is 1.34. The van der Waals surface area contributed by atoms with Crippen LogP contribution in [0.2, 0.25) is 0 Å². The van der Waals surface area contributed by atoms with Crippen LogP contribution in [-0.2, 0) is 10.0 Å². The molecule has 9 heteroatoms. The van der Waals surface area contributed by atoms with Crippen molar-refractivity contribution >= 4 is 26.8 Å². The predicted octanol–water partition coefficient (Wildman–Crippen LogP) is 2.35. The summed E-state index contributed by atoms with van der Waals surface area (Å²) in [4.78, 5) is 7.57. The zero-order valence-corrected chi connectivity index (χ0v) is 16.6. The Morgan fingerprint density at radius 1 is 1.29 bits per heavy atom. The minimum atomic E-state index is -3.13. The van der Waals surface area contributed by atoms with Crippen LogP contribution in [-0.4, -0.2) is 44.3 Å². The van der Waals surface area contributed by atoms with Crippen LogP contribution in [0.15, 0.2) is 18.5 Å². The molecule has 0 bridgehead atoms. The van der Waals surface area contributed by atoms with E-state index in [1.54, 1.807) is 6.20 Å². The lowest BCUT2D eigenvalue weighted by molar-refractivity contribution is 0.434. The van der Waals surface area contributed by atoms with Crippen molar-refractivity contribution in [1.29, 1.82) is 0 Å². The molecule has 2 N–H and O–H groups in total. The number of H-pyrrole nitrogens is 1. The van der Waals surface area contributed by atoms with Gasteiger partial charge >= 0.3 is 0 Å². The van der Waals surface area contributed by atoms with E-state index < -0.39 is 10.0 Å². The molecule has 8 nitrogen and oxygen atoms in total. The monoisotopic (exact) mass is 400 g/mol. The zero-order chi connectivity index (χ0) is 19.1. The van der Waals surface area contributed by atoms with Crippen LogP contribution in [0.3, 0.4) is 0 Å². The number of sulfonamides is 1. The summed E-state index contributed by atoms with van der Waals surface area (Å²) < 4.78 is 29.9. The molecule has 3 aliphatic rings. The topological polar surface area (TPSA) is 105 Å². The third-order valence-electron chi connectivity index (χ3n) is 7.15. The van der Waals surface area contributed by atoms with E-state index >= 15 is 0 Å². The summed E-state index contributed by atoms with van der Waals surface area (Å²) in [5, 5.41) is 8.77. The first-order chi connectivity index (χ1) is 13.5. The summed E-state index contributed by atoms with van der Waals surface area (Å²) in [7, 11) is -3.13. The van der Waals surface area contributed by atoms with Crippen LogP contribution >= 0.6 is 0 Å². The number of aromatic amines is 1. The smallest absolute Gasteiger partial charge is 0.214 e. The number of rotatable bonds is 5. The van der Waals surface area contributed by atoms with Crippen molar-refractivity contribution in [1.82, 2.24) is 29.3 Å². The average Bonchev–Trinajstić information content (AvgIpc) is 3.44. The number of nitrogens with zero attached hydrogens (tertiary/aromatic N) is 4. The normalized spacial score (nSPS) is 32.7. The van der Waals surface area contributed by atoms with Gasteiger partial charge in [0.05, 0.1) is 17.0 Å². The van der Waals surface area contributed by atoms with Gasteiger partial charge in [0, 0.05) is 18.2 Å². The highest BCUT2D eigenvalue weighted by Crippen LogP contribution is 2.64. The fourth-order valence-electron chi connectivity index (χ4n) is 5.36. The van der Waals surface area contributed by atoms with Crippen LogP contribution in [0.1, 0.15) is 57.2 Å². The summed E-state index contributed by atoms with van der Waals surface area (Å²) in [6, 6.07) is 2.10. The highest BCUT2D eigenvalue weighted by Gasteiger charge is 2.62. The van der Waals surface area contributed by atoms with Gasteiger partial charge in [-0.25, -0.2) is 18.1 Å². The average molecular weight is 401 g/mol. The third-order valence-corrected chi connectivity index (χ3v) is 9.11. The van der Waals surface area contributed by atoms with Crippen LogP contribution in [0.4, 0.5) is 0 Å². The van der Waals surface area contributed by atoms with Crippen LogP contribution in [0.25, 0.3) is 16.8 Å². The van der Waals surface area contributed by atoms with Crippen molar-refractivity contribution in [3.05, 3.63) is 24.3 Å². The Labute approximate surface area is 163 Å². The van der Waals surface area contributed by atoms with Gasteiger partial charge in [-0.1, -0.05) is 13.3 Å². The van der Waals surface area contributed by atoms with E-state index in [-0.39, 0.29) is 22.6 Å². The molecule has 3 saturated carbocycles. The minimum absolute atomic E-state index is 0.0867. The first-order valence-electron chi connectivity index (χ1n) is 10.2. The predicted molar refractivity (Wildman–Crippen MR) is 104 cm³/mol. The van der Waals surface area contributed by atoms with Gasteiger partial charge in [-0.05, 0) is 49.5 Å². The molecular formula is C19H24N6O2S. The summed E-state index contributed by atoms with van der Waals surface area (Å²) in [6.45, 7) is 2.22. The first kappa shape index (κ1) is 16.9. The van der Waals surface area contributed by atoms with Crippen molar-refractivity contribution in [3.8, 4) is 0 Å². The molecule has 3 aromatic heterocycles. The molecule has 6 rings (SSSR count). The lowest BCUT2D eigenvalue weighted by atomic mass is 9.93. The maximum Gasteiger partial charge on any atom is 0.214 e. The second-order valence-electron chi connectivity index (χ2n) is 8.89. The maximum atomic E-state index is 12.4. The van der Waals surface area contributed by atoms with Crippen molar-refractivity contribution < 1.29 is 8.42 Å². The summed E-state index contributed by atoms with van der Waals surface area (Å²) >= 11 is 0. The minimum Gasteiger partial charge on any atom is -0.345 e. The lowest BCUT2D eigenvalue weighted by Crippen LogP contribution is -2.32. The SMILES string of the molecule is CC[C@H]1CC2(C[C@H]1c1nnc3cnc4[nH]ccc4n13)C[C@H]2NS(=O)(=O)C1CC1. The summed E-state index contributed by atoms with van der Waals surface area (Å²) in [5.74, 6) is 1.77. The second kappa shape index (κ2) is 5.54. The molecule has 0 amide bonds. The van der Waals surface area contributed by atoms with Crippen molar-refractivity contribution in [2.45, 2.75) is 62.7 Å². The lowest BCUT2D eigenvalue weighted by Gasteiger charge is -2.16. The van der Waals surface area contributed by atoms with Gasteiger partial charge in [-0.2, -0.15) is 0 Å². The largest absolute Gasteiger partial charge is 0.345 e. The summed E-state index contributed by atoms with van der Waals surface area (Å²) in [5.41, 5.74) is 2.68. The fourth-order valence-corrected chi connectivity index (χ4v) is 7.04. The number of hydrogen-bond acceptors (Lipinski definition) is 5. The standard InChI is InChI=1S/C19H24N6O2S/c1-2-11-7-19(9-15(19)24-28(26,27)12-3-4-12)8-13(11)18-23-22-16-10-21-17-14(25(16)18)5-6-20-17/h5-6,10-13,15,20,24H,2-4,7-9H2,1H3/t11-,13+,15+,19?/m0/s1. The van der Waals surface area contributed by atoms with Gasteiger partial charge in [-0.3, -0.25) is 4.40 Å². The Morgan fingerprint density at radius 2 is 2.14 bits per heavy atom. The van der Waals surface area contributed by atoms with Gasteiger partial charge in [0.1, 0.15) is 5.82 Å². The number of aromatic nitrogens is 5. The van der Waals surface area contributed by atoms with Crippen molar-refractivity contribution in [2.75, 3.05) is 0 Å². The Bertz CT molecular complexity index is 1180. The molecule has 3 fully saturated rings. The summed E-state index contributed by atoms with van der Waals surface area (Å²) in [6.07, 6.45) is 9.29. The van der Waals surface area contributed by atoms with E-state index in [0.29, 0.717) is 5.92 Å². The maximum absolute atomic E-state index is 12.4. The molecule has 0 saturated heterocycles. The molecule has 3 aliphatic carbocycles. The Hall–Kier alpha value is -2.00. The van der Waals surface area contributed by atoms with Crippen LogP contribution < -0.4 is 4.72 Å². The van der Waals surface area contributed by atoms with E-state index in [4.69, 9.17) is 0 Å². The fraction of sp³-hybridized carbons (Fsp3) is 0.632. The van der Waals surface area contributed by atoms with E-state index in [9.17, 15) is 8.42 Å². The first-order valence-corrected chi connectivity index (χ1v) is 11.7. The van der Waals surface area contributed by atoms with Gasteiger partial charge in [0.25, 0.3) is 0 Å². The molecule has 0 radical (unpaired) electrons. The highest BCUT2D eigenvalue weighted by molar-refractivity contribution is 7.90. The number of nitrogens with one attached hydrogen (secondary N) is 2. The molecule has 0 aromatic carbocycles. The molecule has 1 spiro atoms. The molecule has 3 aromatic rings. The van der Waals surface area contributed by atoms with Gasteiger partial charge in [0.2, 0.25) is 10.0 Å². The molecule has 28 heavy (non-hydrogen) atoms. The Morgan fingerprint density at radius 3 is 2.93 bits per heavy atom. The van der Waals surface area contributed by atoms with E-state index in [2.05, 4.69) is 36.2 Å². The van der Waals surface area contributed by atoms with Crippen molar-refractivity contribution in [3.63, 3.8) is 0 Å². The molecule has 4 atom stereocenters. The van der Waals surface area contributed by atoms with E-state index in [1.807, 2.05) is 12.3 Å². The van der Waals surface area contributed by atoms with Gasteiger partial charge in [0.15, 0.2) is 11.3 Å². The Kier molecular flexibility index (Phi) is 3.34. The van der Waals surface area contributed by atoms with Gasteiger partial charge < -0.3 is 4.98 Å². The van der Waals surface area contributed by atoms with Crippen LogP contribution in [0, 0.1) is 11.3 Å². The number of fused-ring (bicyclic) bond motifs is 3. The molecule has 3 heterocycles.